The van der Waals surface area contributed by atoms with E-state index >= 15 is 0 Å². The molecule has 1 aliphatic heterocycles. The first-order chi connectivity index (χ1) is 20.5. The van der Waals surface area contributed by atoms with Crippen LogP contribution in [0.5, 0.6) is 0 Å². The van der Waals surface area contributed by atoms with Crippen LogP contribution in [0.1, 0.15) is 45.0 Å². The number of anilines is 1. The number of alkyl halides is 2. The van der Waals surface area contributed by atoms with Crippen LogP contribution in [-0.2, 0) is 19.8 Å². The summed E-state index contributed by atoms with van der Waals surface area (Å²) in [5, 5.41) is 7.14. The lowest BCUT2D eigenvalue weighted by Crippen LogP contribution is -2.61. The standard InChI is InChI=1S/C26H37F2N9O4S3/c1-16-13-35(14-17(2)37(16)25(38)34(4)10-9-30-43(5,6)39)19-11-18(44(40,41)33-26(3)7-8-26)15-36-20(19)12-29-22(36)24-32-31-23(42-24)21(27)28/h11-12,15-17,21,33H,7-10,13-14H2,1-6H3/t16-,17-/m0/s1. The van der Waals surface area contributed by atoms with Crippen molar-refractivity contribution in [3.8, 4) is 10.8 Å². The van der Waals surface area contributed by atoms with E-state index in [2.05, 4.69) is 24.3 Å². The molecule has 18 heteroatoms. The molecule has 1 aliphatic carbocycles. The fourth-order valence-corrected chi connectivity index (χ4v) is 7.99. The Labute approximate surface area is 259 Å². The number of amides is 2. The summed E-state index contributed by atoms with van der Waals surface area (Å²) in [5.74, 6) is 0.199. The van der Waals surface area contributed by atoms with Crippen molar-refractivity contribution in [2.45, 2.75) is 62.6 Å². The average molecular weight is 674 g/mol. The predicted octanol–water partition coefficient (Wildman–Crippen LogP) is 3.30. The molecule has 242 valence electrons. The molecule has 0 unspecified atom stereocenters. The monoisotopic (exact) mass is 673 g/mol. The number of rotatable bonds is 9. The summed E-state index contributed by atoms with van der Waals surface area (Å²) in [4.78, 5) is 23.2. The third kappa shape index (κ3) is 6.82. The van der Waals surface area contributed by atoms with Gasteiger partial charge < -0.3 is 14.7 Å². The molecule has 2 amide bonds. The van der Waals surface area contributed by atoms with Crippen molar-refractivity contribution in [2.75, 3.05) is 50.6 Å². The largest absolute Gasteiger partial charge is 0.366 e. The van der Waals surface area contributed by atoms with E-state index in [1.165, 1.54) is 6.20 Å². The molecule has 0 bridgehead atoms. The second-order valence-corrected chi connectivity index (χ2v) is 17.4. The molecule has 44 heavy (non-hydrogen) atoms. The molecule has 1 saturated carbocycles. The van der Waals surface area contributed by atoms with Crippen LogP contribution in [0.4, 0.5) is 19.3 Å². The van der Waals surface area contributed by atoms with Crippen LogP contribution in [0.3, 0.4) is 0 Å². The van der Waals surface area contributed by atoms with Gasteiger partial charge in [-0.15, -0.1) is 10.2 Å². The van der Waals surface area contributed by atoms with Crippen molar-refractivity contribution in [2.24, 2.45) is 4.36 Å². The highest BCUT2D eigenvalue weighted by atomic mass is 32.2. The summed E-state index contributed by atoms with van der Waals surface area (Å²) in [6, 6.07) is 0.905. The SMILES string of the molecule is C[C@H]1CN(c2cc(S(=O)(=O)NC3(C)CC3)cn3c(-c4nnc(C(F)F)s4)ncc23)C[C@H](C)N1C(=O)N(C)CCN=S(C)(C)=O. The number of carbonyl (C=O) groups excluding carboxylic acids is 1. The van der Waals surface area contributed by atoms with E-state index in [9.17, 15) is 26.2 Å². The number of hydrogen-bond donors (Lipinski definition) is 1. The zero-order valence-corrected chi connectivity index (χ0v) is 27.8. The summed E-state index contributed by atoms with van der Waals surface area (Å²) in [7, 11) is -4.54. The lowest BCUT2D eigenvalue weighted by atomic mass is 10.1. The number of likely N-dealkylation sites (N-methyl/N-ethyl adjacent to an activating group) is 1. The lowest BCUT2D eigenvalue weighted by molar-refractivity contribution is 0.115. The van der Waals surface area contributed by atoms with E-state index in [1.54, 1.807) is 46.0 Å². The molecule has 3 aromatic rings. The minimum atomic E-state index is -3.95. The van der Waals surface area contributed by atoms with Crippen LogP contribution in [0.15, 0.2) is 27.7 Å². The molecule has 2 atom stereocenters. The zero-order valence-electron chi connectivity index (χ0n) is 25.4. The number of hydrogen-bond acceptors (Lipinski definition) is 10. The number of urea groups is 1. The normalized spacial score (nSPS) is 20.4. The third-order valence-electron chi connectivity index (χ3n) is 7.75. The van der Waals surface area contributed by atoms with E-state index in [4.69, 9.17) is 0 Å². The van der Waals surface area contributed by atoms with Crippen molar-refractivity contribution in [3.63, 3.8) is 0 Å². The quantitative estimate of drug-likeness (QED) is 0.364. The maximum Gasteiger partial charge on any atom is 0.320 e. The fourth-order valence-electron chi connectivity index (χ4n) is 5.30. The number of piperazine rings is 1. The summed E-state index contributed by atoms with van der Waals surface area (Å²) < 4.78 is 74.0. The number of aromatic nitrogens is 4. The second kappa shape index (κ2) is 11.8. The van der Waals surface area contributed by atoms with Gasteiger partial charge in [0.1, 0.15) is 4.90 Å². The number of sulfonamides is 1. The fraction of sp³-hybridized carbons (Fsp3) is 0.615. The Bertz CT molecular complexity index is 1780. The smallest absolute Gasteiger partial charge is 0.320 e. The highest BCUT2D eigenvalue weighted by Crippen LogP contribution is 2.38. The summed E-state index contributed by atoms with van der Waals surface area (Å²) in [6.45, 7) is 7.06. The van der Waals surface area contributed by atoms with Gasteiger partial charge in [-0.2, -0.15) is 0 Å². The Kier molecular flexibility index (Phi) is 8.67. The molecular weight excluding hydrogens is 637 g/mol. The van der Waals surface area contributed by atoms with Gasteiger partial charge in [0.15, 0.2) is 15.8 Å². The minimum absolute atomic E-state index is 0.00306. The molecular formula is C26H37F2N9O4S3. The number of nitrogens with zero attached hydrogens (tertiary/aromatic N) is 8. The predicted molar refractivity (Wildman–Crippen MR) is 165 cm³/mol. The Morgan fingerprint density at radius 2 is 1.86 bits per heavy atom. The van der Waals surface area contributed by atoms with Crippen LogP contribution >= 0.6 is 11.3 Å². The van der Waals surface area contributed by atoms with Crippen LogP contribution < -0.4 is 9.62 Å². The highest BCUT2D eigenvalue weighted by molar-refractivity contribution is 7.92. The van der Waals surface area contributed by atoms with Gasteiger partial charge in [-0.3, -0.25) is 8.61 Å². The summed E-state index contributed by atoms with van der Waals surface area (Å²) in [5.41, 5.74) is 0.617. The Balaban J connectivity index is 1.49. The number of pyridine rings is 1. The first-order valence-corrected chi connectivity index (χ1v) is 18.7. The minimum Gasteiger partial charge on any atom is -0.366 e. The van der Waals surface area contributed by atoms with Crippen LogP contribution in [-0.4, -0.2) is 111 Å². The molecule has 2 fully saturated rings. The van der Waals surface area contributed by atoms with E-state index in [1.807, 2.05) is 25.7 Å². The number of halogens is 2. The summed E-state index contributed by atoms with van der Waals surface area (Å²) >= 11 is 0.696. The zero-order chi connectivity index (χ0) is 32.2. The van der Waals surface area contributed by atoms with Gasteiger partial charge in [-0.25, -0.2) is 36.1 Å². The van der Waals surface area contributed by atoms with Crippen molar-refractivity contribution >= 4 is 48.3 Å². The third-order valence-corrected chi connectivity index (χ3v) is 11.1. The molecule has 3 aromatic heterocycles. The molecule has 0 spiro atoms. The molecule has 1 saturated heterocycles. The highest BCUT2D eigenvalue weighted by Gasteiger charge is 2.42. The van der Waals surface area contributed by atoms with Crippen molar-refractivity contribution in [1.29, 1.82) is 0 Å². The Morgan fingerprint density at radius 3 is 2.43 bits per heavy atom. The molecule has 5 rings (SSSR count). The topological polar surface area (TPSA) is 145 Å². The molecule has 13 nitrogen and oxygen atoms in total. The van der Waals surface area contributed by atoms with Gasteiger partial charge in [0.05, 0.1) is 23.9 Å². The van der Waals surface area contributed by atoms with E-state index < -0.39 is 36.7 Å². The number of fused-ring (bicyclic) bond motifs is 1. The Hall–Kier alpha value is -2.96. The number of nitrogens with one attached hydrogen (secondary N) is 1. The molecule has 2 aliphatic rings. The van der Waals surface area contributed by atoms with Gasteiger partial charge in [-0.05, 0) is 39.7 Å². The Morgan fingerprint density at radius 1 is 1.20 bits per heavy atom. The first kappa shape index (κ1) is 32.4. The van der Waals surface area contributed by atoms with Crippen molar-refractivity contribution < 1.29 is 26.2 Å². The van der Waals surface area contributed by atoms with E-state index in [0.29, 0.717) is 42.2 Å². The molecule has 0 radical (unpaired) electrons. The van der Waals surface area contributed by atoms with E-state index in [0.717, 1.165) is 12.8 Å². The first-order valence-electron chi connectivity index (χ1n) is 14.1. The van der Waals surface area contributed by atoms with Crippen LogP contribution in [0.2, 0.25) is 0 Å². The average Bonchev–Trinajstić information content (AvgIpc) is 3.27. The van der Waals surface area contributed by atoms with Gasteiger partial charge in [0.25, 0.3) is 6.43 Å². The molecule has 0 aromatic carbocycles. The van der Waals surface area contributed by atoms with Gasteiger partial charge in [0, 0.05) is 72.7 Å². The van der Waals surface area contributed by atoms with E-state index in [-0.39, 0.29) is 40.4 Å². The lowest BCUT2D eigenvalue weighted by Gasteiger charge is -2.46. The number of imidazole rings is 1. The van der Waals surface area contributed by atoms with Crippen molar-refractivity contribution in [1.82, 2.24) is 34.1 Å². The summed E-state index contributed by atoms with van der Waals surface area (Å²) in [6.07, 6.45) is 4.74. The maximum absolute atomic E-state index is 13.6. The number of carbonyl (C=O) groups is 1. The maximum atomic E-state index is 13.6. The molecule has 1 N–H and O–H groups in total. The van der Waals surface area contributed by atoms with Gasteiger partial charge >= 0.3 is 6.03 Å². The van der Waals surface area contributed by atoms with Crippen LogP contribution in [0.25, 0.3) is 16.3 Å². The van der Waals surface area contributed by atoms with Crippen molar-refractivity contribution in [3.05, 3.63) is 23.5 Å². The van der Waals surface area contributed by atoms with Gasteiger partial charge in [0.2, 0.25) is 10.0 Å². The van der Waals surface area contributed by atoms with Crippen LogP contribution in [0, 0.1) is 0 Å². The molecule has 4 heterocycles. The van der Waals surface area contributed by atoms with Gasteiger partial charge in [-0.1, -0.05) is 11.3 Å². The second-order valence-electron chi connectivity index (χ2n) is 12.1.